The Labute approximate surface area is 77.4 Å². The van der Waals surface area contributed by atoms with Crippen LogP contribution in [0.4, 0.5) is 0 Å². The van der Waals surface area contributed by atoms with E-state index in [1.165, 1.54) is 6.92 Å². The molecule has 0 saturated carbocycles. The van der Waals surface area contributed by atoms with Gasteiger partial charge in [-0.15, -0.1) is 0 Å². The maximum Gasteiger partial charge on any atom is 0.313 e. The highest BCUT2D eigenvalue weighted by Crippen LogP contribution is 2.27. The Balaban J connectivity index is 2.96. The van der Waals surface area contributed by atoms with Crippen molar-refractivity contribution in [1.29, 1.82) is 0 Å². The van der Waals surface area contributed by atoms with Crippen molar-refractivity contribution in [1.82, 2.24) is 0 Å². The van der Waals surface area contributed by atoms with Crippen LogP contribution in [-0.4, -0.2) is 21.8 Å². The first kappa shape index (κ1) is 9.99. The van der Waals surface area contributed by atoms with E-state index in [1.54, 1.807) is 18.2 Å². The largest absolute Gasteiger partial charge is 0.481 e. The van der Waals surface area contributed by atoms with Gasteiger partial charge in [-0.3, -0.25) is 4.79 Å². The Morgan fingerprint density at radius 3 is 2.77 bits per heavy atom. The van der Waals surface area contributed by atoms with E-state index in [1.807, 2.05) is 6.92 Å². The molecule has 2 N–H and O–H groups in total. The van der Waals surface area contributed by atoms with E-state index < -0.39 is 17.5 Å². The van der Waals surface area contributed by atoms with Crippen LogP contribution in [0.3, 0.4) is 0 Å². The molecule has 1 aliphatic carbocycles. The smallest absolute Gasteiger partial charge is 0.313 e. The lowest BCUT2D eigenvalue weighted by Gasteiger charge is -2.28. The number of hydrogen-bond donors (Lipinski definition) is 2. The van der Waals surface area contributed by atoms with Crippen molar-refractivity contribution in [2.75, 3.05) is 0 Å². The molecule has 0 aromatic carbocycles. The van der Waals surface area contributed by atoms with Gasteiger partial charge in [0.25, 0.3) is 0 Å². The first-order valence-corrected chi connectivity index (χ1v) is 4.32. The molecule has 0 heterocycles. The lowest BCUT2D eigenvalue weighted by Crippen LogP contribution is -2.38. The molecule has 72 valence electrons. The molecule has 13 heavy (non-hydrogen) atoms. The van der Waals surface area contributed by atoms with Crippen LogP contribution in [0.2, 0.25) is 0 Å². The number of carboxylic acids is 1. The zero-order valence-corrected chi connectivity index (χ0v) is 7.82. The first-order valence-electron chi connectivity index (χ1n) is 4.32. The van der Waals surface area contributed by atoms with E-state index >= 15 is 0 Å². The molecule has 2 atom stereocenters. The molecular weight excluding hydrogens is 168 g/mol. The van der Waals surface area contributed by atoms with Crippen molar-refractivity contribution in [2.45, 2.75) is 25.9 Å². The fraction of sp³-hybridized carbons (Fsp3) is 0.500. The molecule has 0 amide bonds. The summed E-state index contributed by atoms with van der Waals surface area (Å²) in [6, 6.07) is 0. The van der Waals surface area contributed by atoms with Gasteiger partial charge in [0, 0.05) is 0 Å². The highest BCUT2D eigenvalue weighted by Gasteiger charge is 2.35. The normalized spacial score (nSPS) is 32.8. The highest BCUT2D eigenvalue weighted by atomic mass is 16.4. The Hall–Kier alpha value is -1.09. The molecular formula is C10H14O3. The predicted octanol–water partition coefficient (Wildman–Crippen LogP) is 1.34. The van der Waals surface area contributed by atoms with Gasteiger partial charge in [-0.05, 0) is 13.3 Å². The van der Waals surface area contributed by atoms with Crippen LogP contribution in [0.25, 0.3) is 0 Å². The average Bonchev–Trinajstić information content (AvgIpc) is 2.03. The first-order chi connectivity index (χ1) is 5.97. The van der Waals surface area contributed by atoms with E-state index in [0.29, 0.717) is 0 Å². The van der Waals surface area contributed by atoms with Gasteiger partial charge in [-0.2, -0.15) is 0 Å². The topological polar surface area (TPSA) is 57.5 Å². The molecule has 0 radical (unpaired) electrons. The Morgan fingerprint density at radius 2 is 2.31 bits per heavy atom. The monoisotopic (exact) mass is 182 g/mol. The second kappa shape index (κ2) is 3.34. The summed E-state index contributed by atoms with van der Waals surface area (Å²) in [6.07, 6.45) is 5.72. The minimum absolute atomic E-state index is 0.788. The van der Waals surface area contributed by atoms with Gasteiger partial charge in [0.15, 0.2) is 0 Å². The van der Waals surface area contributed by atoms with Gasteiger partial charge in [0.1, 0.15) is 5.92 Å². The average molecular weight is 182 g/mol. The minimum Gasteiger partial charge on any atom is -0.481 e. The van der Waals surface area contributed by atoms with Gasteiger partial charge in [-0.25, -0.2) is 0 Å². The summed E-state index contributed by atoms with van der Waals surface area (Å²) in [6.45, 7) is 3.46. The SMILES string of the molecule is CCC1=CC(C(=O)O)C(C)(O)C=C1. The fourth-order valence-corrected chi connectivity index (χ4v) is 1.37. The molecule has 0 fully saturated rings. The summed E-state index contributed by atoms with van der Waals surface area (Å²) in [7, 11) is 0. The van der Waals surface area contributed by atoms with E-state index in [0.717, 1.165) is 12.0 Å². The third-order valence-corrected chi connectivity index (χ3v) is 2.32. The Morgan fingerprint density at radius 1 is 1.69 bits per heavy atom. The zero-order chi connectivity index (χ0) is 10.1. The third kappa shape index (κ3) is 1.98. The molecule has 3 nitrogen and oxygen atoms in total. The van der Waals surface area contributed by atoms with Gasteiger partial charge >= 0.3 is 5.97 Å². The molecule has 0 aromatic heterocycles. The molecule has 1 rings (SSSR count). The van der Waals surface area contributed by atoms with E-state index in [4.69, 9.17) is 5.11 Å². The molecule has 0 saturated heterocycles. The number of carboxylic acid groups (broad SMARTS) is 1. The highest BCUT2D eigenvalue weighted by molar-refractivity contribution is 5.75. The molecule has 0 spiro atoms. The second-order valence-electron chi connectivity index (χ2n) is 3.47. The van der Waals surface area contributed by atoms with Crippen molar-refractivity contribution < 1.29 is 15.0 Å². The number of carbonyl (C=O) groups is 1. The zero-order valence-electron chi connectivity index (χ0n) is 7.82. The maximum absolute atomic E-state index is 10.8. The van der Waals surface area contributed by atoms with Crippen molar-refractivity contribution in [3.8, 4) is 0 Å². The molecule has 0 bridgehead atoms. The predicted molar refractivity (Wildman–Crippen MR) is 49.3 cm³/mol. The van der Waals surface area contributed by atoms with Crippen LogP contribution in [0.5, 0.6) is 0 Å². The summed E-state index contributed by atoms with van der Waals surface area (Å²) in [5.41, 5.74) is -0.302. The van der Waals surface area contributed by atoms with Crippen LogP contribution in [-0.2, 0) is 4.79 Å². The van der Waals surface area contributed by atoms with Crippen LogP contribution < -0.4 is 0 Å². The Kier molecular flexibility index (Phi) is 2.57. The van der Waals surface area contributed by atoms with E-state index in [9.17, 15) is 9.90 Å². The van der Waals surface area contributed by atoms with E-state index in [2.05, 4.69) is 0 Å². The molecule has 3 heteroatoms. The summed E-state index contributed by atoms with van der Waals surface area (Å²) in [5, 5.41) is 18.6. The standard InChI is InChI=1S/C10H14O3/c1-3-7-4-5-10(2,13)8(6-7)9(11)12/h4-6,8,13H,3H2,1-2H3,(H,11,12). The summed E-state index contributed by atoms with van der Waals surface area (Å²) in [5.74, 6) is -1.81. The van der Waals surface area contributed by atoms with Crippen molar-refractivity contribution >= 4 is 5.97 Å². The quantitative estimate of drug-likeness (QED) is 0.677. The van der Waals surface area contributed by atoms with Gasteiger partial charge in [0.05, 0.1) is 5.60 Å². The number of allylic oxidation sites excluding steroid dienone is 2. The van der Waals surface area contributed by atoms with Crippen molar-refractivity contribution in [3.63, 3.8) is 0 Å². The van der Waals surface area contributed by atoms with E-state index in [-0.39, 0.29) is 0 Å². The van der Waals surface area contributed by atoms with Crippen molar-refractivity contribution in [2.24, 2.45) is 5.92 Å². The van der Waals surface area contributed by atoms with Gasteiger partial charge < -0.3 is 10.2 Å². The van der Waals surface area contributed by atoms with Crippen LogP contribution in [0.15, 0.2) is 23.8 Å². The maximum atomic E-state index is 10.8. The van der Waals surface area contributed by atoms with Crippen LogP contribution in [0.1, 0.15) is 20.3 Å². The molecule has 0 aliphatic heterocycles. The summed E-state index contributed by atoms with van der Waals surface area (Å²) >= 11 is 0. The lowest BCUT2D eigenvalue weighted by molar-refractivity contribution is -0.145. The number of aliphatic carboxylic acids is 1. The summed E-state index contributed by atoms with van der Waals surface area (Å²) in [4.78, 5) is 10.8. The molecule has 2 unspecified atom stereocenters. The van der Waals surface area contributed by atoms with Crippen molar-refractivity contribution in [3.05, 3.63) is 23.8 Å². The third-order valence-electron chi connectivity index (χ3n) is 2.32. The van der Waals surface area contributed by atoms with Gasteiger partial charge in [-0.1, -0.05) is 30.7 Å². The van der Waals surface area contributed by atoms with Gasteiger partial charge in [0.2, 0.25) is 0 Å². The summed E-state index contributed by atoms with van der Waals surface area (Å²) < 4.78 is 0. The number of rotatable bonds is 2. The van der Waals surface area contributed by atoms with Crippen LogP contribution >= 0.6 is 0 Å². The molecule has 0 aromatic rings. The fourth-order valence-electron chi connectivity index (χ4n) is 1.37. The minimum atomic E-state index is -1.26. The Bertz CT molecular complexity index is 274. The lowest BCUT2D eigenvalue weighted by atomic mass is 9.82. The second-order valence-corrected chi connectivity index (χ2v) is 3.47. The van der Waals surface area contributed by atoms with Crippen LogP contribution in [0, 0.1) is 5.92 Å². The molecule has 1 aliphatic rings. The number of hydrogen-bond acceptors (Lipinski definition) is 2. The number of aliphatic hydroxyl groups is 1.